The minimum atomic E-state index is 0.603. The molecule has 2 fully saturated rings. The molecule has 2 aliphatic heterocycles. The van der Waals surface area contributed by atoms with Crippen LogP contribution in [0.4, 0.5) is 0 Å². The Bertz CT molecular complexity index is 1940. The third-order valence-electron chi connectivity index (χ3n) is 9.97. The van der Waals surface area contributed by atoms with Gasteiger partial charge in [-0.3, -0.25) is 5.41 Å². The molecule has 0 spiro atoms. The summed E-state index contributed by atoms with van der Waals surface area (Å²) < 4.78 is 6.19. The molecular weight excluding hydrogens is 606 g/mol. The zero-order chi connectivity index (χ0) is 33.2. The maximum Gasteiger partial charge on any atom is 0.138 e. The van der Waals surface area contributed by atoms with Crippen LogP contribution >= 0.6 is 0 Å². The summed E-state index contributed by atoms with van der Waals surface area (Å²) in [6, 6.07) is 28.5. The van der Waals surface area contributed by atoms with Crippen molar-refractivity contribution in [1.82, 2.24) is 29.7 Å². The molecule has 4 aromatic carbocycles. The molecule has 0 atom stereocenters. The normalized spacial score (nSPS) is 15.7. The van der Waals surface area contributed by atoms with Crippen molar-refractivity contribution in [1.29, 1.82) is 5.41 Å². The largest absolute Gasteiger partial charge is 0.457 e. The Morgan fingerprint density at radius 2 is 1.02 bits per heavy atom. The van der Waals surface area contributed by atoms with Gasteiger partial charge in [0, 0.05) is 48.6 Å². The standard InChI is InChI=1S/C41H43N7O/c1-28(47-22-6-2-3-7-23-47)31-14-20-35-37(26-31)45-40(43-35)29-10-16-33(17-11-29)49-34-18-12-30(13-19-34)41-44-36-21-15-32(27-38(36)46-41)39(42)48-24-8-4-5-9-25-48/h10-21,26-27,42H,1-9,22-25H2,(H,43,45)(H,44,46). The lowest BCUT2D eigenvalue weighted by atomic mass is 10.1. The molecule has 0 aliphatic carbocycles. The van der Waals surface area contributed by atoms with Crippen LogP contribution in [0.3, 0.4) is 0 Å². The zero-order valence-electron chi connectivity index (χ0n) is 28.0. The number of H-pyrrole nitrogens is 2. The highest BCUT2D eigenvalue weighted by Gasteiger charge is 2.17. The number of nitrogens with one attached hydrogen (secondary N) is 3. The minimum Gasteiger partial charge on any atom is -0.457 e. The third-order valence-corrected chi connectivity index (χ3v) is 9.97. The van der Waals surface area contributed by atoms with Gasteiger partial charge in [0.05, 0.1) is 22.1 Å². The van der Waals surface area contributed by atoms with Crippen molar-refractivity contribution in [2.75, 3.05) is 26.2 Å². The van der Waals surface area contributed by atoms with E-state index in [9.17, 15) is 0 Å². The summed E-state index contributed by atoms with van der Waals surface area (Å²) in [4.78, 5) is 21.3. The number of ether oxygens (including phenoxy) is 1. The van der Waals surface area contributed by atoms with E-state index in [1.807, 2.05) is 60.7 Å². The Balaban J connectivity index is 0.925. The van der Waals surface area contributed by atoms with E-state index >= 15 is 0 Å². The first-order valence-corrected chi connectivity index (χ1v) is 17.7. The smallest absolute Gasteiger partial charge is 0.138 e. The molecule has 3 N–H and O–H groups in total. The van der Waals surface area contributed by atoms with Gasteiger partial charge in [-0.1, -0.05) is 38.3 Å². The van der Waals surface area contributed by atoms with E-state index in [4.69, 9.17) is 20.1 Å². The van der Waals surface area contributed by atoms with Crippen molar-refractivity contribution in [2.24, 2.45) is 0 Å². The quantitative estimate of drug-likeness (QED) is 0.118. The molecule has 6 aromatic rings. The van der Waals surface area contributed by atoms with E-state index in [0.717, 1.165) is 112 Å². The van der Waals surface area contributed by atoms with Crippen molar-refractivity contribution in [3.63, 3.8) is 0 Å². The number of aromatic amines is 2. The summed E-state index contributed by atoms with van der Waals surface area (Å²) in [5.74, 6) is 3.74. The average Bonchev–Trinajstić information content (AvgIpc) is 3.51. The SMILES string of the molecule is C=C(c1ccc2nc(-c3ccc(Oc4ccc(-c5nc6ccc(C(=N)N7CCCCCC7)cc6[nH]5)cc4)cc3)[nH]c2c1)N1CCCCCC1. The first kappa shape index (κ1) is 30.9. The molecule has 0 amide bonds. The second kappa shape index (κ2) is 13.6. The summed E-state index contributed by atoms with van der Waals surface area (Å²) in [5, 5.41) is 8.79. The van der Waals surface area contributed by atoms with E-state index in [-0.39, 0.29) is 0 Å². The molecule has 4 heterocycles. The number of imidazole rings is 2. The van der Waals surface area contributed by atoms with Gasteiger partial charge in [-0.25, -0.2) is 9.97 Å². The third kappa shape index (κ3) is 6.68. The van der Waals surface area contributed by atoms with Crippen LogP contribution in [0.25, 0.3) is 50.5 Å². The van der Waals surface area contributed by atoms with Gasteiger partial charge in [-0.05, 0) is 110 Å². The number of hydrogen-bond acceptors (Lipinski definition) is 5. The van der Waals surface area contributed by atoms with E-state index in [0.29, 0.717) is 5.84 Å². The van der Waals surface area contributed by atoms with E-state index < -0.39 is 0 Å². The van der Waals surface area contributed by atoms with E-state index in [2.05, 4.69) is 50.6 Å². The summed E-state index contributed by atoms with van der Waals surface area (Å²) in [6.07, 6.45) is 9.90. The average molecular weight is 650 g/mol. The molecular formula is C41H43N7O. The molecule has 49 heavy (non-hydrogen) atoms. The number of hydrogen-bond donors (Lipinski definition) is 3. The fourth-order valence-electron chi connectivity index (χ4n) is 7.12. The van der Waals surface area contributed by atoms with Gasteiger partial charge in [0.2, 0.25) is 0 Å². The van der Waals surface area contributed by atoms with Crippen LogP contribution in [-0.4, -0.2) is 61.8 Å². The van der Waals surface area contributed by atoms with Crippen LogP contribution in [0.15, 0.2) is 91.5 Å². The fourth-order valence-corrected chi connectivity index (χ4v) is 7.12. The molecule has 0 saturated carbocycles. The molecule has 0 unspecified atom stereocenters. The second-order valence-electron chi connectivity index (χ2n) is 13.4. The first-order valence-electron chi connectivity index (χ1n) is 17.7. The minimum absolute atomic E-state index is 0.603. The molecule has 2 saturated heterocycles. The Morgan fingerprint density at radius 3 is 1.53 bits per heavy atom. The summed E-state index contributed by atoms with van der Waals surface area (Å²) in [7, 11) is 0. The molecule has 8 nitrogen and oxygen atoms in total. The number of fused-ring (bicyclic) bond motifs is 2. The Kier molecular flexibility index (Phi) is 8.60. The van der Waals surface area contributed by atoms with Gasteiger partial charge in [-0.2, -0.15) is 0 Å². The molecule has 0 radical (unpaired) electrons. The summed E-state index contributed by atoms with van der Waals surface area (Å²) in [5.41, 5.74) is 8.95. The predicted octanol–water partition coefficient (Wildman–Crippen LogP) is 9.61. The number of nitrogens with zero attached hydrogens (tertiary/aromatic N) is 4. The van der Waals surface area contributed by atoms with Gasteiger partial charge in [-0.15, -0.1) is 0 Å². The van der Waals surface area contributed by atoms with Gasteiger partial charge in [0.15, 0.2) is 0 Å². The first-order chi connectivity index (χ1) is 24.1. The summed E-state index contributed by atoms with van der Waals surface area (Å²) in [6.45, 7) is 8.51. The molecule has 248 valence electrons. The number of aromatic nitrogens is 4. The topological polar surface area (TPSA) is 96.9 Å². The number of benzene rings is 4. The molecule has 2 aliphatic rings. The Hall–Kier alpha value is -5.37. The van der Waals surface area contributed by atoms with Crippen LogP contribution < -0.4 is 4.74 Å². The van der Waals surface area contributed by atoms with Gasteiger partial charge in [0.1, 0.15) is 29.0 Å². The molecule has 2 aromatic heterocycles. The van der Waals surface area contributed by atoms with Gasteiger partial charge in [0.25, 0.3) is 0 Å². The Morgan fingerprint density at radius 1 is 0.571 bits per heavy atom. The van der Waals surface area contributed by atoms with Gasteiger partial charge < -0.3 is 24.5 Å². The lowest BCUT2D eigenvalue weighted by Crippen LogP contribution is -2.31. The van der Waals surface area contributed by atoms with Crippen molar-refractivity contribution >= 4 is 33.6 Å². The zero-order valence-corrected chi connectivity index (χ0v) is 28.0. The van der Waals surface area contributed by atoms with Crippen molar-refractivity contribution in [3.05, 3.63) is 103 Å². The van der Waals surface area contributed by atoms with Crippen LogP contribution in [0, 0.1) is 5.41 Å². The monoisotopic (exact) mass is 649 g/mol. The lowest BCUT2D eigenvalue weighted by molar-refractivity contribution is 0.414. The summed E-state index contributed by atoms with van der Waals surface area (Å²) >= 11 is 0. The van der Waals surface area contributed by atoms with E-state index in [1.54, 1.807) is 0 Å². The van der Waals surface area contributed by atoms with Crippen molar-refractivity contribution in [2.45, 2.75) is 51.4 Å². The molecule has 8 heteroatoms. The van der Waals surface area contributed by atoms with E-state index in [1.165, 1.54) is 38.5 Å². The van der Waals surface area contributed by atoms with Crippen LogP contribution in [0.1, 0.15) is 62.5 Å². The van der Waals surface area contributed by atoms with Crippen LogP contribution in [-0.2, 0) is 0 Å². The highest BCUT2D eigenvalue weighted by molar-refractivity contribution is 5.99. The highest BCUT2D eigenvalue weighted by Crippen LogP contribution is 2.30. The number of amidine groups is 1. The highest BCUT2D eigenvalue weighted by atomic mass is 16.5. The van der Waals surface area contributed by atoms with Gasteiger partial charge >= 0.3 is 0 Å². The molecule has 0 bridgehead atoms. The van der Waals surface area contributed by atoms with Crippen LogP contribution in [0.5, 0.6) is 11.5 Å². The fraction of sp³-hybridized carbons (Fsp3) is 0.293. The Labute approximate surface area is 287 Å². The van der Waals surface area contributed by atoms with Crippen molar-refractivity contribution < 1.29 is 4.74 Å². The lowest BCUT2D eigenvalue weighted by Gasteiger charge is -2.25. The van der Waals surface area contributed by atoms with Crippen LogP contribution in [0.2, 0.25) is 0 Å². The van der Waals surface area contributed by atoms with Crippen molar-refractivity contribution in [3.8, 4) is 34.3 Å². The number of rotatable bonds is 7. The molecule has 8 rings (SSSR count). The maximum absolute atomic E-state index is 8.79. The maximum atomic E-state index is 8.79. The number of likely N-dealkylation sites (tertiary alicyclic amines) is 2. The second-order valence-corrected chi connectivity index (χ2v) is 13.4. The predicted molar refractivity (Wildman–Crippen MR) is 199 cm³/mol.